The number of allylic oxidation sites excluding steroid dienone is 1. The van der Waals surface area contributed by atoms with Gasteiger partial charge in [-0.2, -0.15) is 0 Å². The third-order valence-corrected chi connectivity index (χ3v) is 5.27. The fourth-order valence-corrected chi connectivity index (χ4v) is 3.85. The highest BCUT2D eigenvalue weighted by atomic mass is 16.3. The van der Waals surface area contributed by atoms with Crippen LogP contribution in [0.5, 0.6) is 0 Å². The minimum absolute atomic E-state index is 0.115. The van der Waals surface area contributed by atoms with E-state index in [9.17, 15) is 5.11 Å². The Balaban J connectivity index is 2.22. The lowest BCUT2D eigenvalue weighted by Gasteiger charge is -2.52. The normalized spacial score (nSPS) is 44.6. The van der Waals surface area contributed by atoms with Crippen LogP contribution in [0.4, 0.5) is 0 Å². The molecule has 16 heavy (non-hydrogen) atoms. The smallest absolute Gasteiger partial charge is 0.0602 e. The molecule has 0 heterocycles. The lowest BCUT2D eigenvalue weighted by Crippen LogP contribution is -2.48. The summed E-state index contributed by atoms with van der Waals surface area (Å²) >= 11 is 0. The van der Waals surface area contributed by atoms with Crippen molar-refractivity contribution in [2.45, 2.75) is 59.0 Å². The molecule has 0 aliphatic heterocycles. The van der Waals surface area contributed by atoms with Crippen LogP contribution in [0.2, 0.25) is 0 Å². The maximum absolute atomic E-state index is 10.5. The predicted molar refractivity (Wildman–Crippen MR) is 68.2 cm³/mol. The molecule has 2 aliphatic carbocycles. The highest BCUT2D eigenvalue weighted by Crippen LogP contribution is 2.54. The molecular formula is C15H26O. The van der Waals surface area contributed by atoms with Crippen LogP contribution in [-0.4, -0.2) is 11.2 Å². The molecule has 0 radical (unpaired) electrons. The van der Waals surface area contributed by atoms with E-state index < -0.39 is 0 Å². The Kier molecular flexibility index (Phi) is 3.18. The number of hydrogen-bond acceptors (Lipinski definition) is 1. The lowest BCUT2D eigenvalue weighted by atomic mass is 9.54. The summed E-state index contributed by atoms with van der Waals surface area (Å²) in [6.45, 7) is 11.1. The van der Waals surface area contributed by atoms with Crippen molar-refractivity contribution >= 4 is 0 Å². The molecule has 0 aromatic carbocycles. The maximum atomic E-state index is 10.5. The highest BCUT2D eigenvalue weighted by Gasteiger charge is 2.48. The first kappa shape index (κ1) is 12.2. The van der Waals surface area contributed by atoms with Gasteiger partial charge in [0.1, 0.15) is 0 Å². The Bertz CT molecular complexity index is 281. The van der Waals surface area contributed by atoms with Gasteiger partial charge in [-0.3, -0.25) is 0 Å². The minimum Gasteiger partial charge on any atom is -0.393 e. The third kappa shape index (κ3) is 1.84. The van der Waals surface area contributed by atoms with Crippen molar-refractivity contribution in [3.05, 3.63) is 12.2 Å². The molecule has 1 nitrogen and oxygen atoms in total. The van der Waals surface area contributed by atoms with Crippen LogP contribution < -0.4 is 0 Å². The van der Waals surface area contributed by atoms with Gasteiger partial charge in [0.05, 0.1) is 6.10 Å². The Morgan fingerprint density at radius 2 is 2.06 bits per heavy atom. The van der Waals surface area contributed by atoms with Gasteiger partial charge < -0.3 is 5.11 Å². The topological polar surface area (TPSA) is 20.2 Å². The number of rotatable bonds is 1. The molecule has 4 unspecified atom stereocenters. The molecule has 0 aromatic rings. The fourth-order valence-electron chi connectivity index (χ4n) is 3.85. The average molecular weight is 222 g/mol. The molecule has 92 valence electrons. The molecule has 2 aliphatic rings. The maximum Gasteiger partial charge on any atom is 0.0602 e. The number of hydrogen-bond donors (Lipinski definition) is 1. The van der Waals surface area contributed by atoms with Gasteiger partial charge >= 0.3 is 0 Å². The Labute approximate surface area is 99.9 Å². The number of aliphatic hydroxyl groups excluding tert-OH is 1. The van der Waals surface area contributed by atoms with Crippen molar-refractivity contribution in [3.8, 4) is 0 Å². The van der Waals surface area contributed by atoms with Gasteiger partial charge in [0.15, 0.2) is 0 Å². The van der Waals surface area contributed by atoms with E-state index in [1.165, 1.54) is 31.3 Å². The standard InChI is InChI=1S/C15H26O/c1-10(2)12-8-13-11(3)6-5-7-15(13,4)14(16)9-12/h10,12-14,16H,3,5-9H2,1-2,4H3. The summed E-state index contributed by atoms with van der Waals surface area (Å²) in [5, 5.41) is 10.5. The second-order valence-electron chi connectivity index (χ2n) is 6.56. The zero-order chi connectivity index (χ0) is 11.9. The minimum atomic E-state index is -0.115. The van der Waals surface area contributed by atoms with Crippen LogP contribution in [-0.2, 0) is 0 Å². The summed E-state index contributed by atoms with van der Waals surface area (Å²) in [5.74, 6) is 1.94. The van der Waals surface area contributed by atoms with Crippen molar-refractivity contribution in [3.63, 3.8) is 0 Å². The first-order valence-corrected chi connectivity index (χ1v) is 6.81. The van der Waals surface area contributed by atoms with Crippen LogP contribution in [0.1, 0.15) is 52.9 Å². The van der Waals surface area contributed by atoms with E-state index >= 15 is 0 Å². The first-order chi connectivity index (χ1) is 7.45. The molecule has 2 saturated carbocycles. The van der Waals surface area contributed by atoms with Crippen molar-refractivity contribution < 1.29 is 5.11 Å². The van der Waals surface area contributed by atoms with E-state index in [4.69, 9.17) is 0 Å². The van der Waals surface area contributed by atoms with E-state index in [1.807, 2.05) is 0 Å². The molecule has 0 amide bonds. The van der Waals surface area contributed by atoms with Gasteiger partial charge in [0.2, 0.25) is 0 Å². The monoisotopic (exact) mass is 222 g/mol. The summed E-state index contributed by atoms with van der Waals surface area (Å²) < 4.78 is 0. The molecule has 0 saturated heterocycles. The van der Waals surface area contributed by atoms with Gasteiger partial charge in [-0.05, 0) is 49.9 Å². The summed E-state index contributed by atoms with van der Waals surface area (Å²) in [7, 11) is 0. The third-order valence-electron chi connectivity index (χ3n) is 5.27. The Morgan fingerprint density at radius 3 is 2.69 bits per heavy atom. The van der Waals surface area contributed by atoms with E-state index in [-0.39, 0.29) is 11.5 Å². The van der Waals surface area contributed by atoms with Gasteiger partial charge in [-0.15, -0.1) is 0 Å². The van der Waals surface area contributed by atoms with Gasteiger partial charge in [-0.25, -0.2) is 0 Å². The van der Waals surface area contributed by atoms with Crippen molar-refractivity contribution in [1.82, 2.24) is 0 Å². The predicted octanol–water partition coefficient (Wildman–Crippen LogP) is 3.78. The average Bonchev–Trinajstić information content (AvgIpc) is 2.20. The molecule has 0 spiro atoms. The molecule has 2 rings (SSSR count). The summed E-state index contributed by atoms with van der Waals surface area (Å²) in [6.07, 6.45) is 5.72. The van der Waals surface area contributed by atoms with Crippen LogP contribution in [0, 0.1) is 23.2 Å². The quantitative estimate of drug-likeness (QED) is 0.669. The van der Waals surface area contributed by atoms with Crippen molar-refractivity contribution in [2.75, 3.05) is 0 Å². The molecule has 1 N–H and O–H groups in total. The van der Waals surface area contributed by atoms with Gasteiger partial charge in [0, 0.05) is 5.41 Å². The molecule has 2 fully saturated rings. The second-order valence-corrected chi connectivity index (χ2v) is 6.56. The van der Waals surface area contributed by atoms with Crippen LogP contribution in [0.3, 0.4) is 0 Å². The SMILES string of the molecule is C=C1CCCC2(C)C(O)CC(C(C)C)CC12. The first-order valence-electron chi connectivity index (χ1n) is 6.81. The highest BCUT2D eigenvalue weighted by molar-refractivity contribution is 5.14. The summed E-state index contributed by atoms with van der Waals surface area (Å²) in [5.41, 5.74) is 1.53. The van der Waals surface area contributed by atoms with E-state index in [2.05, 4.69) is 27.4 Å². The number of aliphatic hydroxyl groups is 1. The molecule has 0 aromatic heterocycles. The van der Waals surface area contributed by atoms with E-state index in [0.717, 1.165) is 6.42 Å². The fraction of sp³-hybridized carbons (Fsp3) is 0.867. The largest absolute Gasteiger partial charge is 0.393 e. The molecular weight excluding hydrogens is 196 g/mol. The zero-order valence-electron chi connectivity index (χ0n) is 11.0. The second kappa shape index (κ2) is 4.18. The lowest BCUT2D eigenvalue weighted by molar-refractivity contribution is -0.0729. The van der Waals surface area contributed by atoms with Crippen molar-refractivity contribution in [2.24, 2.45) is 23.2 Å². The van der Waals surface area contributed by atoms with Crippen LogP contribution >= 0.6 is 0 Å². The van der Waals surface area contributed by atoms with E-state index in [0.29, 0.717) is 17.8 Å². The zero-order valence-corrected chi connectivity index (χ0v) is 11.0. The summed E-state index contributed by atoms with van der Waals surface area (Å²) in [6, 6.07) is 0. The van der Waals surface area contributed by atoms with Crippen molar-refractivity contribution in [1.29, 1.82) is 0 Å². The molecule has 4 atom stereocenters. The Hall–Kier alpha value is -0.300. The number of fused-ring (bicyclic) bond motifs is 1. The van der Waals surface area contributed by atoms with Gasteiger partial charge in [-0.1, -0.05) is 32.9 Å². The molecule has 0 bridgehead atoms. The van der Waals surface area contributed by atoms with E-state index in [1.54, 1.807) is 0 Å². The van der Waals surface area contributed by atoms with Gasteiger partial charge in [0.25, 0.3) is 0 Å². The summed E-state index contributed by atoms with van der Waals surface area (Å²) in [4.78, 5) is 0. The van der Waals surface area contributed by atoms with Crippen LogP contribution in [0.15, 0.2) is 12.2 Å². The molecule has 1 heteroatoms. The van der Waals surface area contributed by atoms with Crippen LogP contribution in [0.25, 0.3) is 0 Å². The Morgan fingerprint density at radius 1 is 1.38 bits per heavy atom.